The van der Waals surface area contributed by atoms with E-state index in [2.05, 4.69) is 45.0 Å². The van der Waals surface area contributed by atoms with Gasteiger partial charge in [-0.2, -0.15) is 0 Å². The second-order valence-corrected chi connectivity index (χ2v) is 5.42. The van der Waals surface area contributed by atoms with E-state index in [0.717, 1.165) is 0 Å². The molecule has 2 nitrogen and oxygen atoms in total. The lowest BCUT2D eigenvalue weighted by atomic mass is 9.95. The molecule has 20 heavy (non-hydrogen) atoms. The summed E-state index contributed by atoms with van der Waals surface area (Å²) in [5.74, 6) is 0. The van der Waals surface area contributed by atoms with Crippen molar-refractivity contribution >= 4 is 0 Å². The molecule has 2 heteroatoms. The van der Waals surface area contributed by atoms with E-state index in [0.29, 0.717) is 13.2 Å². The van der Waals surface area contributed by atoms with Crippen molar-refractivity contribution in [3.8, 4) is 0 Å². The Morgan fingerprint density at radius 2 is 1.60 bits per heavy atom. The number of nitrogens with two attached hydrogens (primary N) is 1. The molecule has 2 N–H and O–H groups in total. The van der Waals surface area contributed by atoms with E-state index in [-0.39, 0.29) is 6.04 Å². The van der Waals surface area contributed by atoms with E-state index in [4.69, 9.17) is 10.5 Å². The fourth-order valence-corrected chi connectivity index (χ4v) is 2.74. The second-order valence-electron chi connectivity index (χ2n) is 5.42. The topological polar surface area (TPSA) is 35.2 Å². The fraction of sp³-hybridized carbons (Fsp3) is 0.333. The van der Waals surface area contributed by atoms with Crippen LogP contribution < -0.4 is 5.73 Å². The summed E-state index contributed by atoms with van der Waals surface area (Å²) >= 11 is 0. The SMILES string of the molecule is Cc1cc(C)c(C(N)COCc2ccccc2)c(C)c1. The van der Waals surface area contributed by atoms with Gasteiger partial charge in [0.05, 0.1) is 19.3 Å². The number of rotatable bonds is 5. The third kappa shape index (κ3) is 3.69. The molecule has 0 aliphatic rings. The molecule has 0 bridgehead atoms. The van der Waals surface area contributed by atoms with Crippen molar-refractivity contribution in [1.29, 1.82) is 0 Å². The van der Waals surface area contributed by atoms with Crippen LogP contribution in [0.4, 0.5) is 0 Å². The molecule has 0 aliphatic carbocycles. The van der Waals surface area contributed by atoms with E-state index in [1.807, 2.05) is 18.2 Å². The van der Waals surface area contributed by atoms with Gasteiger partial charge in [-0.1, -0.05) is 48.0 Å². The molecule has 2 aromatic rings. The number of aryl methyl sites for hydroxylation is 3. The molecule has 0 aromatic heterocycles. The quantitative estimate of drug-likeness (QED) is 0.895. The molecule has 0 fully saturated rings. The fourth-order valence-electron chi connectivity index (χ4n) is 2.74. The first-order chi connectivity index (χ1) is 9.58. The first-order valence-corrected chi connectivity index (χ1v) is 7.03. The predicted molar refractivity (Wildman–Crippen MR) is 83.7 cm³/mol. The van der Waals surface area contributed by atoms with Gasteiger partial charge in [-0.05, 0) is 43.0 Å². The minimum Gasteiger partial charge on any atom is -0.375 e. The molecule has 0 saturated carbocycles. The van der Waals surface area contributed by atoms with Crippen LogP contribution in [0.5, 0.6) is 0 Å². The van der Waals surface area contributed by atoms with Crippen molar-refractivity contribution in [1.82, 2.24) is 0 Å². The summed E-state index contributed by atoms with van der Waals surface area (Å²) in [6, 6.07) is 14.5. The highest BCUT2D eigenvalue weighted by atomic mass is 16.5. The van der Waals surface area contributed by atoms with Crippen molar-refractivity contribution in [3.63, 3.8) is 0 Å². The molecule has 0 heterocycles. The number of benzene rings is 2. The summed E-state index contributed by atoms with van der Waals surface area (Å²) in [7, 11) is 0. The van der Waals surface area contributed by atoms with Crippen molar-refractivity contribution < 1.29 is 4.74 Å². The lowest BCUT2D eigenvalue weighted by molar-refractivity contribution is 0.108. The van der Waals surface area contributed by atoms with E-state index in [9.17, 15) is 0 Å². The Labute approximate surface area is 121 Å². The molecule has 2 aromatic carbocycles. The maximum atomic E-state index is 6.29. The number of hydrogen-bond acceptors (Lipinski definition) is 2. The van der Waals surface area contributed by atoms with Gasteiger partial charge >= 0.3 is 0 Å². The summed E-state index contributed by atoms with van der Waals surface area (Å²) in [6.07, 6.45) is 0. The van der Waals surface area contributed by atoms with Gasteiger partial charge in [0.15, 0.2) is 0 Å². The molecule has 1 unspecified atom stereocenters. The summed E-state index contributed by atoms with van der Waals surface area (Å²) < 4.78 is 5.75. The molecule has 0 spiro atoms. The highest BCUT2D eigenvalue weighted by Crippen LogP contribution is 2.22. The molecule has 106 valence electrons. The average Bonchev–Trinajstić information content (AvgIpc) is 2.38. The van der Waals surface area contributed by atoms with Gasteiger partial charge in [0.25, 0.3) is 0 Å². The van der Waals surface area contributed by atoms with Crippen molar-refractivity contribution in [3.05, 3.63) is 70.3 Å². The van der Waals surface area contributed by atoms with Crippen LogP contribution in [0.1, 0.15) is 33.9 Å². The van der Waals surface area contributed by atoms with E-state index in [1.54, 1.807) is 0 Å². The lowest BCUT2D eigenvalue weighted by Gasteiger charge is -2.18. The Balaban J connectivity index is 1.97. The van der Waals surface area contributed by atoms with Gasteiger partial charge in [-0.15, -0.1) is 0 Å². The molecule has 2 rings (SSSR count). The van der Waals surface area contributed by atoms with Gasteiger partial charge in [0, 0.05) is 0 Å². The molecular formula is C18H23NO. The number of hydrogen-bond donors (Lipinski definition) is 1. The zero-order valence-electron chi connectivity index (χ0n) is 12.5. The monoisotopic (exact) mass is 269 g/mol. The van der Waals surface area contributed by atoms with Gasteiger partial charge in [0.2, 0.25) is 0 Å². The Morgan fingerprint density at radius 3 is 2.20 bits per heavy atom. The van der Waals surface area contributed by atoms with Crippen LogP contribution in [0.15, 0.2) is 42.5 Å². The molecule has 0 saturated heterocycles. The Morgan fingerprint density at radius 1 is 1.00 bits per heavy atom. The second kappa shape index (κ2) is 6.69. The summed E-state index contributed by atoms with van der Waals surface area (Å²) in [6.45, 7) is 7.50. The summed E-state index contributed by atoms with van der Waals surface area (Å²) in [4.78, 5) is 0. The van der Waals surface area contributed by atoms with E-state index in [1.165, 1.54) is 27.8 Å². The third-order valence-electron chi connectivity index (χ3n) is 3.52. The van der Waals surface area contributed by atoms with Crippen LogP contribution in [-0.4, -0.2) is 6.61 Å². The lowest BCUT2D eigenvalue weighted by Crippen LogP contribution is -2.19. The number of ether oxygens (including phenoxy) is 1. The molecule has 0 radical (unpaired) electrons. The minimum atomic E-state index is -0.0701. The third-order valence-corrected chi connectivity index (χ3v) is 3.52. The Bertz CT molecular complexity index is 540. The molecule has 0 aliphatic heterocycles. The standard InChI is InChI=1S/C18H23NO/c1-13-9-14(2)18(15(3)10-13)17(19)12-20-11-16-7-5-4-6-8-16/h4-10,17H,11-12,19H2,1-3H3. The van der Waals surface area contributed by atoms with Gasteiger partial charge < -0.3 is 10.5 Å². The first-order valence-electron chi connectivity index (χ1n) is 7.03. The van der Waals surface area contributed by atoms with Crippen molar-refractivity contribution in [2.75, 3.05) is 6.61 Å². The largest absolute Gasteiger partial charge is 0.375 e. The molecule has 1 atom stereocenters. The van der Waals surface area contributed by atoms with Crippen LogP contribution in [0.3, 0.4) is 0 Å². The average molecular weight is 269 g/mol. The zero-order chi connectivity index (χ0) is 14.5. The van der Waals surface area contributed by atoms with E-state index < -0.39 is 0 Å². The molecular weight excluding hydrogens is 246 g/mol. The van der Waals surface area contributed by atoms with Crippen LogP contribution in [0.25, 0.3) is 0 Å². The Kier molecular flexibility index (Phi) is 4.94. The summed E-state index contributed by atoms with van der Waals surface area (Å²) in [5, 5.41) is 0. The van der Waals surface area contributed by atoms with Crippen LogP contribution in [-0.2, 0) is 11.3 Å². The van der Waals surface area contributed by atoms with Crippen LogP contribution in [0.2, 0.25) is 0 Å². The van der Waals surface area contributed by atoms with Gasteiger partial charge in [0.1, 0.15) is 0 Å². The highest BCUT2D eigenvalue weighted by Gasteiger charge is 2.12. The van der Waals surface area contributed by atoms with E-state index >= 15 is 0 Å². The smallest absolute Gasteiger partial charge is 0.0717 e. The minimum absolute atomic E-state index is 0.0701. The maximum absolute atomic E-state index is 6.29. The van der Waals surface area contributed by atoms with Crippen molar-refractivity contribution in [2.24, 2.45) is 5.73 Å². The first kappa shape index (κ1) is 14.8. The predicted octanol–water partition coefficient (Wildman–Crippen LogP) is 3.83. The van der Waals surface area contributed by atoms with Gasteiger partial charge in [-0.3, -0.25) is 0 Å². The Hall–Kier alpha value is -1.64. The normalized spacial score (nSPS) is 12.4. The highest BCUT2D eigenvalue weighted by molar-refractivity contribution is 5.39. The maximum Gasteiger partial charge on any atom is 0.0717 e. The van der Waals surface area contributed by atoms with Gasteiger partial charge in [-0.25, -0.2) is 0 Å². The zero-order valence-corrected chi connectivity index (χ0v) is 12.5. The summed E-state index contributed by atoms with van der Waals surface area (Å²) in [5.41, 5.74) is 12.5. The van der Waals surface area contributed by atoms with Crippen molar-refractivity contribution in [2.45, 2.75) is 33.4 Å². The van der Waals surface area contributed by atoms with Crippen LogP contribution >= 0.6 is 0 Å². The molecule has 0 amide bonds. The van der Waals surface area contributed by atoms with Crippen LogP contribution in [0, 0.1) is 20.8 Å².